The smallest absolute Gasteiger partial charge is 0.148 e. The molecule has 1 aromatic carbocycles. The molecular weight excluding hydrogens is 277 g/mol. The lowest BCUT2D eigenvalue weighted by molar-refractivity contribution is 0.630. The number of hydrogen-bond donors (Lipinski definition) is 0. The first-order valence-corrected chi connectivity index (χ1v) is 7.06. The Bertz CT molecular complexity index is 820. The van der Waals surface area contributed by atoms with E-state index in [1.807, 2.05) is 38.1 Å². The minimum absolute atomic E-state index is 0.322. The molecule has 3 nitrogen and oxygen atoms in total. The van der Waals surface area contributed by atoms with E-state index in [1.165, 1.54) is 6.07 Å². The van der Waals surface area contributed by atoms with Crippen molar-refractivity contribution in [1.82, 2.24) is 9.55 Å². The fraction of sp³-hybridized carbons (Fsp3) is 0.111. The molecule has 2 aromatic heterocycles. The summed E-state index contributed by atoms with van der Waals surface area (Å²) in [4.78, 5) is 8.63. The maximum Gasteiger partial charge on any atom is 0.148 e. The first-order chi connectivity index (χ1) is 10.7. The normalized spacial score (nSPS) is 11.2. The number of rotatable bonds is 3. The SMILES string of the molecule is Cc1cc(C=Nc2ccccc2F)c(C)n1-c1ccccn1. The van der Waals surface area contributed by atoms with Crippen molar-refractivity contribution in [2.75, 3.05) is 0 Å². The Balaban J connectivity index is 1.99. The third-order valence-corrected chi connectivity index (χ3v) is 3.54. The summed E-state index contributed by atoms with van der Waals surface area (Å²) in [5.41, 5.74) is 3.37. The van der Waals surface area contributed by atoms with Gasteiger partial charge in [0.15, 0.2) is 0 Å². The molecule has 0 saturated heterocycles. The number of halogens is 1. The lowest BCUT2D eigenvalue weighted by Gasteiger charge is -2.07. The first-order valence-electron chi connectivity index (χ1n) is 7.06. The molecule has 22 heavy (non-hydrogen) atoms. The molecule has 0 fully saturated rings. The van der Waals surface area contributed by atoms with Gasteiger partial charge in [0.1, 0.15) is 11.6 Å². The van der Waals surface area contributed by atoms with Crippen LogP contribution in [0.4, 0.5) is 10.1 Å². The predicted octanol–water partition coefficient (Wildman–Crippen LogP) is 4.38. The van der Waals surface area contributed by atoms with Gasteiger partial charge in [-0.05, 0) is 44.2 Å². The molecule has 0 unspecified atom stereocenters. The summed E-state index contributed by atoms with van der Waals surface area (Å²) >= 11 is 0. The molecule has 0 aliphatic heterocycles. The van der Waals surface area contributed by atoms with Gasteiger partial charge in [0.2, 0.25) is 0 Å². The molecule has 110 valence electrons. The summed E-state index contributed by atoms with van der Waals surface area (Å²) in [6.45, 7) is 4.02. The molecule has 0 saturated carbocycles. The van der Waals surface area contributed by atoms with Crippen LogP contribution >= 0.6 is 0 Å². The molecule has 0 radical (unpaired) electrons. The van der Waals surface area contributed by atoms with E-state index >= 15 is 0 Å². The van der Waals surface area contributed by atoms with Crippen molar-refractivity contribution >= 4 is 11.9 Å². The van der Waals surface area contributed by atoms with Crippen LogP contribution in [0.5, 0.6) is 0 Å². The number of benzene rings is 1. The Hall–Kier alpha value is -2.75. The standard InChI is InChI=1S/C18H16FN3/c1-13-11-15(12-21-17-8-4-3-7-16(17)19)14(2)22(13)18-9-5-6-10-20-18/h3-12H,1-2H3. The van der Waals surface area contributed by atoms with E-state index in [1.54, 1.807) is 30.6 Å². The van der Waals surface area contributed by atoms with Crippen molar-refractivity contribution in [3.63, 3.8) is 0 Å². The van der Waals surface area contributed by atoms with Gasteiger partial charge in [0.25, 0.3) is 0 Å². The van der Waals surface area contributed by atoms with Crippen molar-refractivity contribution in [3.05, 3.63) is 77.5 Å². The van der Waals surface area contributed by atoms with E-state index in [0.717, 1.165) is 22.8 Å². The van der Waals surface area contributed by atoms with Gasteiger partial charge in [-0.15, -0.1) is 0 Å². The van der Waals surface area contributed by atoms with Crippen molar-refractivity contribution in [3.8, 4) is 5.82 Å². The van der Waals surface area contributed by atoms with Crippen LogP contribution in [-0.4, -0.2) is 15.8 Å². The minimum Gasteiger partial charge on any atom is -0.303 e. The third kappa shape index (κ3) is 2.68. The molecule has 3 aromatic rings. The van der Waals surface area contributed by atoms with Crippen LogP contribution in [0.25, 0.3) is 5.82 Å². The second kappa shape index (κ2) is 5.93. The van der Waals surface area contributed by atoms with E-state index < -0.39 is 0 Å². The lowest BCUT2D eigenvalue weighted by Crippen LogP contribution is -2.01. The zero-order valence-electron chi connectivity index (χ0n) is 12.5. The largest absolute Gasteiger partial charge is 0.303 e. The van der Waals surface area contributed by atoms with Gasteiger partial charge in [-0.25, -0.2) is 9.37 Å². The van der Waals surface area contributed by atoms with Crippen LogP contribution in [0.2, 0.25) is 0 Å². The highest BCUT2D eigenvalue weighted by molar-refractivity contribution is 5.84. The van der Waals surface area contributed by atoms with Crippen LogP contribution in [0.3, 0.4) is 0 Å². The highest BCUT2D eigenvalue weighted by Crippen LogP contribution is 2.20. The molecule has 3 rings (SSSR count). The number of aliphatic imine (C=N–C) groups is 1. The number of hydrogen-bond acceptors (Lipinski definition) is 2. The molecule has 4 heteroatoms. The number of aromatic nitrogens is 2. The summed E-state index contributed by atoms with van der Waals surface area (Å²) in [6, 6.07) is 14.3. The van der Waals surface area contributed by atoms with Gasteiger partial charge in [0, 0.05) is 29.4 Å². The summed E-state index contributed by atoms with van der Waals surface area (Å²) in [5, 5.41) is 0. The molecule has 0 atom stereocenters. The van der Waals surface area contributed by atoms with Gasteiger partial charge in [-0.2, -0.15) is 0 Å². The second-order valence-corrected chi connectivity index (χ2v) is 5.06. The molecule has 0 N–H and O–H groups in total. The zero-order chi connectivity index (χ0) is 15.5. The molecule has 0 bridgehead atoms. The number of aryl methyl sites for hydroxylation is 1. The molecule has 0 amide bonds. The van der Waals surface area contributed by atoms with E-state index in [4.69, 9.17) is 0 Å². The lowest BCUT2D eigenvalue weighted by atomic mass is 10.2. The van der Waals surface area contributed by atoms with Crippen LogP contribution in [-0.2, 0) is 0 Å². The van der Waals surface area contributed by atoms with Crippen LogP contribution in [0.15, 0.2) is 59.7 Å². The minimum atomic E-state index is -0.322. The number of nitrogens with zero attached hydrogens (tertiary/aromatic N) is 3. The topological polar surface area (TPSA) is 30.2 Å². The van der Waals surface area contributed by atoms with Crippen LogP contribution < -0.4 is 0 Å². The van der Waals surface area contributed by atoms with E-state index in [2.05, 4.69) is 14.5 Å². The Morgan fingerprint density at radius 2 is 1.86 bits per heavy atom. The monoisotopic (exact) mass is 293 g/mol. The highest BCUT2D eigenvalue weighted by Gasteiger charge is 2.10. The van der Waals surface area contributed by atoms with E-state index in [-0.39, 0.29) is 5.82 Å². The third-order valence-electron chi connectivity index (χ3n) is 3.54. The van der Waals surface area contributed by atoms with E-state index in [0.29, 0.717) is 5.69 Å². The fourth-order valence-corrected chi connectivity index (χ4v) is 2.45. The van der Waals surface area contributed by atoms with Crippen LogP contribution in [0, 0.1) is 19.7 Å². The van der Waals surface area contributed by atoms with E-state index in [9.17, 15) is 4.39 Å². The molecule has 0 aliphatic rings. The van der Waals surface area contributed by atoms with Gasteiger partial charge < -0.3 is 4.57 Å². The average molecular weight is 293 g/mol. The van der Waals surface area contributed by atoms with Crippen molar-refractivity contribution in [2.24, 2.45) is 4.99 Å². The first kappa shape index (κ1) is 14.2. The molecule has 0 spiro atoms. The quantitative estimate of drug-likeness (QED) is 0.659. The predicted molar refractivity (Wildman–Crippen MR) is 86.7 cm³/mol. The summed E-state index contributed by atoms with van der Waals surface area (Å²) < 4.78 is 15.7. The Kier molecular flexibility index (Phi) is 3.83. The summed E-state index contributed by atoms with van der Waals surface area (Å²) in [6.07, 6.45) is 3.46. The summed E-state index contributed by atoms with van der Waals surface area (Å²) in [5.74, 6) is 0.542. The molecule has 0 aliphatic carbocycles. The Morgan fingerprint density at radius 3 is 2.59 bits per heavy atom. The van der Waals surface area contributed by atoms with Crippen molar-refractivity contribution in [2.45, 2.75) is 13.8 Å². The van der Waals surface area contributed by atoms with Crippen molar-refractivity contribution in [1.29, 1.82) is 0 Å². The fourth-order valence-electron chi connectivity index (χ4n) is 2.45. The number of pyridine rings is 1. The van der Waals surface area contributed by atoms with Crippen LogP contribution in [0.1, 0.15) is 17.0 Å². The average Bonchev–Trinajstić information content (AvgIpc) is 2.81. The second-order valence-electron chi connectivity index (χ2n) is 5.06. The maximum atomic E-state index is 13.6. The maximum absolute atomic E-state index is 13.6. The van der Waals surface area contributed by atoms with Gasteiger partial charge in [-0.3, -0.25) is 4.99 Å². The molecule has 2 heterocycles. The van der Waals surface area contributed by atoms with Crippen molar-refractivity contribution < 1.29 is 4.39 Å². The summed E-state index contributed by atoms with van der Waals surface area (Å²) in [7, 11) is 0. The zero-order valence-corrected chi connectivity index (χ0v) is 12.5. The number of para-hydroxylation sites is 1. The highest BCUT2D eigenvalue weighted by atomic mass is 19.1. The van der Waals surface area contributed by atoms with Gasteiger partial charge in [-0.1, -0.05) is 18.2 Å². The molecular formula is C18H16FN3. The van der Waals surface area contributed by atoms with Gasteiger partial charge in [0.05, 0.1) is 5.69 Å². The Morgan fingerprint density at radius 1 is 1.09 bits per heavy atom. The Labute approximate surface area is 128 Å². The van der Waals surface area contributed by atoms with Gasteiger partial charge >= 0.3 is 0 Å².